The summed E-state index contributed by atoms with van der Waals surface area (Å²) in [6.07, 6.45) is 1.78. The molecule has 0 spiro atoms. The number of rotatable bonds is 5. The Bertz CT molecular complexity index is 243. The van der Waals surface area contributed by atoms with Gasteiger partial charge in [0.25, 0.3) is 0 Å². The van der Waals surface area contributed by atoms with Gasteiger partial charge >= 0.3 is 0 Å². The summed E-state index contributed by atoms with van der Waals surface area (Å²) < 4.78 is 5.27. The Morgan fingerprint density at radius 2 is 2.25 bits per heavy atom. The van der Waals surface area contributed by atoms with Crippen LogP contribution in [-0.4, -0.2) is 49.6 Å². The summed E-state index contributed by atoms with van der Waals surface area (Å²) in [6, 6.07) is 0. The molecule has 2 amide bonds. The first kappa shape index (κ1) is 13.0. The van der Waals surface area contributed by atoms with Crippen LogP contribution < -0.4 is 5.32 Å². The smallest absolute Gasteiger partial charge is 0.224 e. The van der Waals surface area contributed by atoms with Gasteiger partial charge in [0.2, 0.25) is 11.8 Å². The standard InChI is InChI=1S/C11H20N2O3/c1-2-8-16-9-4-11(15)13-6-3-10(14)12-5-7-13/h2-9H2,1H3,(H,12,14). The number of amides is 2. The molecule has 5 heteroatoms. The number of hydrogen-bond acceptors (Lipinski definition) is 3. The third-order valence-corrected chi connectivity index (χ3v) is 2.47. The van der Waals surface area contributed by atoms with Crippen molar-refractivity contribution in [1.82, 2.24) is 10.2 Å². The average molecular weight is 228 g/mol. The highest BCUT2D eigenvalue weighted by Gasteiger charge is 2.17. The predicted molar refractivity (Wildman–Crippen MR) is 59.9 cm³/mol. The molecule has 1 saturated heterocycles. The molecule has 92 valence electrons. The number of carbonyl (C=O) groups excluding carboxylic acids is 2. The predicted octanol–water partition coefficient (Wildman–Crippen LogP) is 0.152. The lowest BCUT2D eigenvalue weighted by Gasteiger charge is -2.19. The topological polar surface area (TPSA) is 58.6 Å². The number of nitrogens with zero attached hydrogens (tertiary/aromatic N) is 1. The highest BCUT2D eigenvalue weighted by atomic mass is 16.5. The van der Waals surface area contributed by atoms with Crippen molar-refractivity contribution >= 4 is 11.8 Å². The Morgan fingerprint density at radius 1 is 1.44 bits per heavy atom. The number of hydrogen-bond donors (Lipinski definition) is 1. The van der Waals surface area contributed by atoms with Crippen molar-refractivity contribution in [1.29, 1.82) is 0 Å². The first-order chi connectivity index (χ1) is 7.74. The molecule has 0 atom stereocenters. The Morgan fingerprint density at radius 3 is 3.00 bits per heavy atom. The van der Waals surface area contributed by atoms with Gasteiger partial charge in [0.15, 0.2) is 0 Å². The van der Waals surface area contributed by atoms with Crippen molar-refractivity contribution in [2.75, 3.05) is 32.8 Å². The Balaban J connectivity index is 2.22. The summed E-state index contributed by atoms with van der Waals surface area (Å²) in [6.45, 7) is 4.91. The van der Waals surface area contributed by atoms with E-state index in [1.165, 1.54) is 0 Å². The van der Waals surface area contributed by atoms with Crippen LogP contribution in [0, 0.1) is 0 Å². The fourth-order valence-corrected chi connectivity index (χ4v) is 1.58. The minimum Gasteiger partial charge on any atom is -0.381 e. The van der Waals surface area contributed by atoms with Crippen molar-refractivity contribution in [3.05, 3.63) is 0 Å². The summed E-state index contributed by atoms with van der Waals surface area (Å²) in [7, 11) is 0. The Hall–Kier alpha value is -1.10. The fraction of sp³-hybridized carbons (Fsp3) is 0.818. The maximum atomic E-state index is 11.7. The lowest BCUT2D eigenvalue weighted by Crippen LogP contribution is -2.34. The van der Waals surface area contributed by atoms with E-state index in [4.69, 9.17) is 4.74 Å². The van der Waals surface area contributed by atoms with Crippen molar-refractivity contribution in [2.24, 2.45) is 0 Å². The molecule has 1 fully saturated rings. The highest BCUT2D eigenvalue weighted by Crippen LogP contribution is 2.00. The maximum Gasteiger partial charge on any atom is 0.224 e. The van der Waals surface area contributed by atoms with E-state index in [-0.39, 0.29) is 11.8 Å². The molecule has 0 saturated carbocycles. The highest BCUT2D eigenvalue weighted by molar-refractivity contribution is 5.80. The Kier molecular flexibility index (Phi) is 5.85. The molecule has 1 N–H and O–H groups in total. The minimum absolute atomic E-state index is 0.0255. The zero-order valence-electron chi connectivity index (χ0n) is 9.83. The SMILES string of the molecule is CCCOCCC(=O)N1CCNC(=O)CC1. The molecule has 1 heterocycles. The van der Waals surface area contributed by atoms with Crippen molar-refractivity contribution in [3.63, 3.8) is 0 Å². The molecule has 0 aromatic heterocycles. The van der Waals surface area contributed by atoms with Gasteiger partial charge < -0.3 is 15.0 Å². The summed E-state index contributed by atoms with van der Waals surface area (Å²) >= 11 is 0. The van der Waals surface area contributed by atoms with Crippen molar-refractivity contribution in [3.8, 4) is 0 Å². The summed E-state index contributed by atoms with van der Waals surface area (Å²) in [4.78, 5) is 24.5. The van der Waals surface area contributed by atoms with Gasteiger partial charge in [0.1, 0.15) is 0 Å². The van der Waals surface area contributed by atoms with Crippen LogP contribution in [0.3, 0.4) is 0 Å². The van der Waals surface area contributed by atoms with E-state index < -0.39 is 0 Å². The molecule has 5 nitrogen and oxygen atoms in total. The molecular weight excluding hydrogens is 208 g/mol. The normalized spacial score (nSPS) is 16.8. The third kappa shape index (κ3) is 4.61. The fourth-order valence-electron chi connectivity index (χ4n) is 1.58. The maximum absolute atomic E-state index is 11.7. The average Bonchev–Trinajstić information content (AvgIpc) is 2.49. The second-order valence-corrected chi connectivity index (χ2v) is 3.84. The van der Waals surface area contributed by atoms with Crippen LogP contribution in [0.15, 0.2) is 0 Å². The van der Waals surface area contributed by atoms with Crippen LogP contribution in [0.1, 0.15) is 26.2 Å². The van der Waals surface area contributed by atoms with E-state index >= 15 is 0 Å². The minimum atomic E-state index is 0.0255. The molecule has 0 radical (unpaired) electrons. The van der Waals surface area contributed by atoms with Gasteiger partial charge in [-0.25, -0.2) is 0 Å². The summed E-state index contributed by atoms with van der Waals surface area (Å²) in [5.74, 6) is 0.102. The zero-order valence-corrected chi connectivity index (χ0v) is 9.83. The van der Waals surface area contributed by atoms with E-state index in [0.717, 1.165) is 6.42 Å². The zero-order chi connectivity index (χ0) is 11.8. The van der Waals surface area contributed by atoms with Crippen molar-refractivity contribution in [2.45, 2.75) is 26.2 Å². The lowest BCUT2D eigenvalue weighted by molar-refractivity contribution is -0.132. The molecule has 0 aliphatic carbocycles. The number of carbonyl (C=O) groups is 2. The van der Waals surface area contributed by atoms with Gasteiger partial charge in [-0.1, -0.05) is 6.92 Å². The molecule has 0 bridgehead atoms. The van der Waals surface area contributed by atoms with E-state index in [9.17, 15) is 9.59 Å². The number of nitrogens with one attached hydrogen (secondary N) is 1. The lowest BCUT2D eigenvalue weighted by atomic mass is 10.3. The first-order valence-electron chi connectivity index (χ1n) is 5.86. The quantitative estimate of drug-likeness (QED) is 0.681. The van der Waals surface area contributed by atoms with Crippen LogP contribution in [0.4, 0.5) is 0 Å². The van der Waals surface area contributed by atoms with E-state index in [2.05, 4.69) is 5.32 Å². The van der Waals surface area contributed by atoms with E-state index in [0.29, 0.717) is 45.7 Å². The van der Waals surface area contributed by atoms with Crippen LogP contribution in [0.25, 0.3) is 0 Å². The molecule has 16 heavy (non-hydrogen) atoms. The molecule has 0 unspecified atom stereocenters. The second-order valence-electron chi connectivity index (χ2n) is 3.84. The van der Waals surface area contributed by atoms with Crippen LogP contribution in [0.2, 0.25) is 0 Å². The number of ether oxygens (including phenoxy) is 1. The molecule has 1 rings (SSSR count). The van der Waals surface area contributed by atoms with E-state index in [1.54, 1.807) is 4.90 Å². The summed E-state index contributed by atoms with van der Waals surface area (Å²) in [5.41, 5.74) is 0. The molecule has 0 aromatic rings. The van der Waals surface area contributed by atoms with Gasteiger partial charge in [-0.05, 0) is 6.42 Å². The van der Waals surface area contributed by atoms with Gasteiger partial charge in [-0.2, -0.15) is 0 Å². The molecule has 1 aliphatic heterocycles. The molecule has 0 aromatic carbocycles. The molecule has 1 aliphatic rings. The second kappa shape index (κ2) is 7.22. The first-order valence-corrected chi connectivity index (χ1v) is 5.86. The van der Waals surface area contributed by atoms with Gasteiger partial charge in [0.05, 0.1) is 13.0 Å². The monoisotopic (exact) mass is 228 g/mol. The third-order valence-electron chi connectivity index (χ3n) is 2.47. The van der Waals surface area contributed by atoms with Crippen LogP contribution >= 0.6 is 0 Å². The Labute approximate surface area is 96.1 Å². The molecular formula is C11H20N2O3. The van der Waals surface area contributed by atoms with E-state index in [1.807, 2.05) is 6.92 Å². The van der Waals surface area contributed by atoms with Crippen LogP contribution in [-0.2, 0) is 14.3 Å². The largest absolute Gasteiger partial charge is 0.381 e. The van der Waals surface area contributed by atoms with Gasteiger partial charge in [0, 0.05) is 32.7 Å². The summed E-state index contributed by atoms with van der Waals surface area (Å²) in [5, 5.41) is 2.74. The van der Waals surface area contributed by atoms with Crippen molar-refractivity contribution < 1.29 is 14.3 Å². The van der Waals surface area contributed by atoms with Gasteiger partial charge in [-0.15, -0.1) is 0 Å². The van der Waals surface area contributed by atoms with Crippen LogP contribution in [0.5, 0.6) is 0 Å². The van der Waals surface area contributed by atoms with Gasteiger partial charge in [-0.3, -0.25) is 9.59 Å².